The van der Waals surface area contributed by atoms with Crippen molar-refractivity contribution in [3.05, 3.63) is 41.8 Å². The molecule has 0 saturated carbocycles. The van der Waals surface area contributed by atoms with Crippen LogP contribution in [0.25, 0.3) is 0 Å². The van der Waals surface area contributed by atoms with Crippen molar-refractivity contribution in [1.29, 1.82) is 0 Å². The number of hydrogen-bond donors (Lipinski definition) is 1. The minimum Gasteiger partial charge on any atom is -0.513 e. The Labute approximate surface area is 106 Å². The Kier molecular flexibility index (Phi) is 2.95. The van der Waals surface area contributed by atoms with Crippen LogP contribution in [0.4, 0.5) is 0 Å². The standard InChI is InChI=1S/C14H15NO3/c1-14(2)12(15-11(8-16)13(14)17)9-4-6-10(18-3)7-5-9/h4-8,16H,1-3H3/b11-8+. The van der Waals surface area contributed by atoms with Gasteiger partial charge in [-0.3, -0.25) is 4.79 Å². The lowest BCUT2D eigenvalue weighted by Gasteiger charge is -2.18. The molecule has 0 saturated heterocycles. The van der Waals surface area contributed by atoms with E-state index in [-0.39, 0.29) is 11.5 Å². The lowest BCUT2D eigenvalue weighted by molar-refractivity contribution is -0.119. The molecule has 0 bridgehead atoms. The zero-order valence-corrected chi connectivity index (χ0v) is 10.6. The third-order valence-corrected chi connectivity index (χ3v) is 3.11. The molecule has 1 aromatic rings. The van der Waals surface area contributed by atoms with Gasteiger partial charge in [-0.05, 0) is 43.7 Å². The number of aliphatic imine (C=N–C) groups is 1. The molecule has 1 aromatic carbocycles. The van der Waals surface area contributed by atoms with Crippen molar-refractivity contribution in [2.24, 2.45) is 10.4 Å². The van der Waals surface area contributed by atoms with E-state index in [1.165, 1.54) is 0 Å². The summed E-state index contributed by atoms with van der Waals surface area (Å²) in [6, 6.07) is 7.35. The first-order valence-electron chi connectivity index (χ1n) is 5.63. The van der Waals surface area contributed by atoms with Crippen LogP contribution in [-0.2, 0) is 4.79 Å². The lowest BCUT2D eigenvalue weighted by Crippen LogP contribution is -2.29. The SMILES string of the molecule is COc1ccc(C2=N/C(=C/O)C(=O)C2(C)C)cc1. The number of Topliss-reactive ketones (excluding diaryl/α,β-unsaturated/α-hetero) is 1. The monoisotopic (exact) mass is 245 g/mol. The molecule has 4 nitrogen and oxygen atoms in total. The molecular formula is C14H15NO3. The molecule has 0 aliphatic carbocycles. The molecule has 0 radical (unpaired) electrons. The predicted molar refractivity (Wildman–Crippen MR) is 69.0 cm³/mol. The van der Waals surface area contributed by atoms with Crippen molar-refractivity contribution in [3.8, 4) is 5.75 Å². The average molecular weight is 245 g/mol. The minimum absolute atomic E-state index is 0.103. The maximum Gasteiger partial charge on any atom is 0.195 e. The summed E-state index contributed by atoms with van der Waals surface area (Å²) < 4.78 is 5.09. The van der Waals surface area contributed by atoms with E-state index in [1.54, 1.807) is 21.0 Å². The number of carbonyl (C=O) groups is 1. The van der Waals surface area contributed by atoms with Crippen LogP contribution in [0, 0.1) is 5.41 Å². The first-order valence-corrected chi connectivity index (χ1v) is 5.63. The third kappa shape index (κ3) is 1.79. The van der Waals surface area contributed by atoms with Gasteiger partial charge in [0.25, 0.3) is 0 Å². The number of benzene rings is 1. The second-order valence-electron chi connectivity index (χ2n) is 4.66. The number of aliphatic hydroxyl groups excluding tert-OH is 1. The van der Waals surface area contributed by atoms with E-state index in [1.807, 2.05) is 24.3 Å². The van der Waals surface area contributed by atoms with Crippen molar-refractivity contribution in [2.45, 2.75) is 13.8 Å². The second-order valence-corrected chi connectivity index (χ2v) is 4.66. The number of aliphatic hydroxyl groups is 1. The van der Waals surface area contributed by atoms with Crippen molar-refractivity contribution >= 4 is 11.5 Å². The highest BCUT2D eigenvalue weighted by Gasteiger charge is 2.41. The molecule has 4 heteroatoms. The number of methoxy groups -OCH3 is 1. The molecule has 0 aromatic heterocycles. The van der Waals surface area contributed by atoms with Gasteiger partial charge in [0, 0.05) is 0 Å². The third-order valence-electron chi connectivity index (χ3n) is 3.11. The molecule has 1 heterocycles. The Morgan fingerprint density at radius 3 is 2.33 bits per heavy atom. The van der Waals surface area contributed by atoms with E-state index in [9.17, 15) is 4.79 Å². The predicted octanol–water partition coefficient (Wildman–Crippen LogP) is 2.49. The maximum absolute atomic E-state index is 12.0. The highest BCUT2D eigenvalue weighted by Crippen LogP contribution is 2.34. The minimum atomic E-state index is -0.719. The van der Waals surface area contributed by atoms with Crippen LogP contribution >= 0.6 is 0 Å². The van der Waals surface area contributed by atoms with Gasteiger partial charge in [-0.1, -0.05) is 0 Å². The fraction of sp³-hybridized carbons (Fsp3) is 0.286. The summed E-state index contributed by atoms with van der Waals surface area (Å²) in [5, 5.41) is 9.01. The first kappa shape index (κ1) is 12.4. The molecule has 1 aliphatic rings. The number of carbonyl (C=O) groups excluding carboxylic acids is 1. The summed E-state index contributed by atoms with van der Waals surface area (Å²) in [7, 11) is 1.60. The molecule has 0 fully saturated rings. The van der Waals surface area contributed by atoms with Gasteiger partial charge in [-0.2, -0.15) is 0 Å². The van der Waals surface area contributed by atoms with Crippen LogP contribution in [0.15, 0.2) is 41.2 Å². The molecule has 0 amide bonds. The van der Waals surface area contributed by atoms with Gasteiger partial charge in [0.2, 0.25) is 0 Å². The molecule has 0 atom stereocenters. The van der Waals surface area contributed by atoms with Gasteiger partial charge in [-0.15, -0.1) is 0 Å². The van der Waals surface area contributed by atoms with Crippen molar-refractivity contribution in [3.63, 3.8) is 0 Å². The summed E-state index contributed by atoms with van der Waals surface area (Å²) >= 11 is 0. The summed E-state index contributed by atoms with van der Waals surface area (Å²) in [4.78, 5) is 16.2. The van der Waals surface area contributed by atoms with Crippen LogP contribution < -0.4 is 4.74 Å². The van der Waals surface area contributed by atoms with Crippen LogP contribution in [-0.4, -0.2) is 23.7 Å². The van der Waals surface area contributed by atoms with Crippen molar-refractivity contribution < 1.29 is 14.6 Å². The molecule has 0 unspecified atom stereocenters. The van der Waals surface area contributed by atoms with E-state index < -0.39 is 5.41 Å². The fourth-order valence-corrected chi connectivity index (χ4v) is 2.00. The number of ether oxygens (including phenoxy) is 1. The molecule has 1 aliphatic heterocycles. The van der Waals surface area contributed by atoms with E-state index in [2.05, 4.69) is 4.99 Å². The van der Waals surface area contributed by atoms with Gasteiger partial charge in [0.05, 0.1) is 18.2 Å². The van der Waals surface area contributed by atoms with Gasteiger partial charge >= 0.3 is 0 Å². The molecule has 0 spiro atoms. The van der Waals surface area contributed by atoms with E-state index >= 15 is 0 Å². The maximum atomic E-state index is 12.0. The Balaban J connectivity index is 2.46. The highest BCUT2D eigenvalue weighted by molar-refractivity contribution is 6.26. The quantitative estimate of drug-likeness (QED) is 0.643. The van der Waals surface area contributed by atoms with Gasteiger partial charge in [-0.25, -0.2) is 4.99 Å². The number of rotatable bonds is 2. The van der Waals surface area contributed by atoms with E-state index in [4.69, 9.17) is 9.84 Å². The van der Waals surface area contributed by atoms with Crippen molar-refractivity contribution in [1.82, 2.24) is 0 Å². The zero-order valence-electron chi connectivity index (χ0n) is 10.6. The molecule has 94 valence electrons. The number of ketones is 1. The fourth-order valence-electron chi connectivity index (χ4n) is 2.00. The van der Waals surface area contributed by atoms with Crippen LogP contribution in [0.1, 0.15) is 19.4 Å². The van der Waals surface area contributed by atoms with Gasteiger partial charge in [0.15, 0.2) is 5.78 Å². The summed E-state index contributed by atoms with van der Waals surface area (Å²) in [5.74, 6) is 0.579. The Hall–Kier alpha value is -2.10. The number of allylic oxidation sites excluding steroid dienone is 1. The summed E-state index contributed by atoms with van der Waals surface area (Å²) in [6.45, 7) is 3.60. The first-order chi connectivity index (χ1) is 8.50. The largest absolute Gasteiger partial charge is 0.513 e. The Morgan fingerprint density at radius 2 is 1.89 bits per heavy atom. The van der Waals surface area contributed by atoms with Crippen LogP contribution in [0.2, 0.25) is 0 Å². The molecule has 2 rings (SSSR count). The van der Waals surface area contributed by atoms with E-state index in [0.29, 0.717) is 5.71 Å². The van der Waals surface area contributed by atoms with Crippen LogP contribution in [0.3, 0.4) is 0 Å². The normalized spacial score (nSPS) is 20.1. The molecular weight excluding hydrogens is 230 g/mol. The van der Waals surface area contributed by atoms with Gasteiger partial charge in [0.1, 0.15) is 17.7 Å². The van der Waals surface area contributed by atoms with Crippen molar-refractivity contribution in [2.75, 3.05) is 7.11 Å². The number of nitrogens with zero attached hydrogens (tertiary/aromatic N) is 1. The molecule has 1 N–H and O–H groups in total. The topological polar surface area (TPSA) is 58.9 Å². The van der Waals surface area contributed by atoms with E-state index in [0.717, 1.165) is 17.6 Å². The van der Waals surface area contributed by atoms with Gasteiger partial charge < -0.3 is 9.84 Å². The zero-order chi connectivity index (χ0) is 13.3. The smallest absolute Gasteiger partial charge is 0.195 e. The summed E-state index contributed by atoms with van der Waals surface area (Å²) in [5.41, 5.74) is 0.899. The Morgan fingerprint density at radius 1 is 1.28 bits per heavy atom. The molecule has 18 heavy (non-hydrogen) atoms. The Bertz CT molecular complexity index is 539. The summed E-state index contributed by atoms with van der Waals surface area (Å²) in [6.07, 6.45) is 0.764. The number of hydrogen-bond acceptors (Lipinski definition) is 4. The van der Waals surface area contributed by atoms with Crippen LogP contribution in [0.5, 0.6) is 5.75 Å². The average Bonchev–Trinajstić information content (AvgIpc) is 2.61. The second kappa shape index (κ2) is 4.29. The lowest BCUT2D eigenvalue weighted by atomic mass is 9.81. The highest BCUT2D eigenvalue weighted by atomic mass is 16.5.